The summed E-state index contributed by atoms with van der Waals surface area (Å²) in [5.74, 6) is -0.943. The van der Waals surface area contributed by atoms with Crippen LogP contribution >= 0.6 is 27.5 Å². The van der Waals surface area contributed by atoms with Crippen molar-refractivity contribution in [2.24, 2.45) is 5.10 Å². The highest BCUT2D eigenvalue weighted by Crippen LogP contribution is 2.20. The molecule has 2 N–H and O–H groups in total. The molecule has 1 heterocycles. The van der Waals surface area contributed by atoms with Gasteiger partial charge < -0.3 is 5.11 Å². The molecule has 11 heteroatoms. The summed E-state index contributed by atoms with van der Waals surface area (Å²) in [6, 6.07) is 11.6. The number of aromatic hydroxyl groups is 1. The number of aromatic nitrogens is 2. The van der Waals surface area contributed by atoms with E-state index in [-0.39, 0.29) is 23.6 Å². The van der Waals surface area contributed by atoms with E-state index < -0.39 is 16.5 Å². The van der Waals surface area contributed by atoms with Crippen LogP contribution in [0.4, 0.5) is 5.69 Å². The van der Waals surface area contributed by atoms with E-state index in [1.54, 1.807) is 0 Å². The van der Waals surface area contributed by atoms with Crippen molar-refractivity contribution in [1.29, 1.82) is 0 Å². The standard InChI is InChI=1S/C18H13BrClN5O4/c19-13-3-1-11(2-4-13)9-24-10-15(25(28)29)17(23-24)18(27)22-21-8-12-7-14(20)5-6-16(12)26/h1-8,10,26H,9H2,(H,22,27)/b21-8+. The second-order valence-corrected chi connectivity index (χ2v) is 7.20. The number of nitrogens with one attached hydrogen (secondary N) is 1. The van der Waals surface area contributed by atoms with Crippen molar-refractivity contribution in [3.63, 3.8) is 0 Å². The number of amides is 1. The maximum atomic E-state index is 12.3. The number of hydrogen-bond acceptors (Lipinski definition) is 6. The summed E-state index contributed by atoms with van der Waals surface area (Å²) in [6.07, 6.45) is 2.35. The lowest BCUT2D eigenvalue weighted by molar-refractivity contribution is -0.385. The SMILES string of the molecule is O=C(N/N=C/c1cc(Cl)ccc1O)c1nn(Cc2ccc(Br)cc2)cc1[N+](=O)[O-]. The highest BCUT2D eigenvalue weighted by molar-refractivity contribution is 9.10. The highest BCUT2D eigenvalue weighted by Gasteiger charge is 2.25. The second-order valence-electron chi connectivity index (χ2n) is 5.85. The first kappa shape index (κ1) is 20.5. The molecule has 0 aliphatic rings. The number of phenols is 1. The smallest absolute Gasteiger partial charge is 0.320 e. The number of rotatable bonds is 6. The molecule has 29 heavy (non-hydrogen) atoms. The summed E-state index contributed by atoms with van der Waals surface area (Å²) in [5, 5.41) is 29.1. The van der Waals surface area contributed by atoms with Crippen molar-refractivity contribution in [2.45, 2.75) is 6.54 Å². The molecule has 0 unspecified atom stereocenters. The Kier molecular flexibility index (Phi) is 6.25. The first-order valence-corrected chi connectivity index (χ1v) is 9.29. The third kappa shape index (κ3) is 5.18. The number of nitro groups is 1. The summed E-state index contributed by atoms with van der Waals surface area (Å²) >= 11 is 9.17. The summed E-state index contributed by atoms with van der Waals surface area (Å²) in [6.45, 7) is 0.251. The van der Waals surface area contributed by atoms with Gasteiger partial charge in [0.1, 0.15) is 11.9 Å². The van der Waals surface area contributed by atoms with Gasteiger partial charge in [0.2, 0.25) is 5.69 Å². The number of benzene rings is 2. The molecule has 1 amide bonds. The molecule has 148 valence electrons. The van der Waals surface area contributed by atoms with Crippen LogP contribution in [-0.4, -0.2) is 31.9 Å². The third-order valence-corrected chi connectivity index (χ3v) is 4.54. The van der Waals surface area contributed by atoms with Gasteiger partial charge in [0.15, 0.2) is 0 Å². The highest BCUT2D eigenvalue weighted by atomic mass is 79.9. The lowest BCUT2D eigenvalue weighted by atomic mass is 10.2. The van der Waals surface area contributed by atoms with Crippen LogP contribution in [0.1, 0.15) is 21.6 Å². The Balaban J connectivity index is 1.77. The Morgan fingerprint density at radius 2 is 2.07 bits per heavy atom. The van der Waals surface area contributed by atoms with Crippen molar-refractivity contribution in [3.05, 3.63) is 85.1 Å². The van der Waals surface area contributed by atoms with Crippen molar-refractivity contribution >= 4 is 45.3 Å². The van der Waals surface area contributed by atoms with Crippen LogP contribution in [0.3, 0.4) is 0 Å². The average Bonchev–Trinajstić information content (AvgIpc) is 3.10. The molecule has 0 fully saturated rings. The fourth-order valence-corrected chi connectivity index (χ4v) is 2.85. The van der Waals surface area contributed by atoms with Crippen LogP contribution in [0.2, 0.25) is 5.02 Å². The minimum Gasteiger partial charge on any atom is -0.507 e. The number of carbonyl (C=O) groups is 1. The Morgan fingerprint density at radius 1 is 1.34 bits per heavy atom. The zero-order valence-electron chi connectivity index (χ0n) is 14.6. The van der Waals surface area contributed by atoms with Gasteiger partial charge in [-0.25, -0.2) is 5.43 Å². The molecule has 0 aliphatic heterocycles. The lowest BCUT2D eigenvalue weighted by Gasteiger charge is -2.01. The van der Waals surface area contributed by atoms with Crippen molar-refractivity contribution in [3.8, 4) is 5.75 Å². The maximum absolute atomic E-state index is 12.3. The van der Waals surface area contributed by atoms with E-state index in [0.717, 1.165) is 10.0 Å². The Hall–Kier alpha value is -3.24. The topological polar surface area (TPSA) is 123 Å². The van der Waals surface area contributed by atoms with Crippen molar-refractivity contribution in [1.82, 2.24) is 15.2 Å². The molecule has 0 bridgehead atoms. The molecule has 0 atom stereocenters. The molecule has 0 radical (unpaired) electrons. The van der Waals surface area contributed by atoms with Crippen LogP contribution in [-0.2, 0) is 6.54 Å². The number of carbonyl (C=O) groups excluding carboxylic acids is 1. The second kappa shape index (κ2) is 8.84. The van der Waals surface area contributed by atoms with E-state index in [4.69, 9.17) is 11.6 Å². The molecular weight excluding hydrogens is 466 g/mol. The minimum absolute atomic E-state index is 0.0860. The zero-order valence-corrected chi connectivity index (χ0v) is 17.0. The predicted octanol–water partition coefficient (Wildman–Crippen LogP) is 3.73. The van der Waals surface area contributed by atoms with Gasteiger partial charge in [-0.1, -0.05) is 39.7 Å². The fourth-order valence-electron chi connectivity index (χ4n) is 2.41. The average molecular weight is 479 g/mol. The third-order valence-electron chi connectivity index (χ3n) is 3.77. The fraction of sp³-hybridized carbons (Fsp3) is 0.0556. The van der Waals surface area contributed by atoms with Crippen molar-refractivity contribution < 1.29 is 14.8 Å². The minimum atomic E-state index is -0.857. The molecule has 0 saturated heterocycles. The van der Waals surface area contributed by atoms with E-state index in [1.165, 1.54) is 35.3 Å². The molecule has 3 rings (SSSR count). The van der Waals surface area contributed by atoms with E-state index in [1.807, 2.05) is 24.3 Å². The van der Waals surface area contributed by atoms with Crippen LogP contribution in [0.15, 0.2) is 58.2 Å². The molecular formula is C18H13BrClN5O4. The quantitative estimate of drug-likeness (QED) is 0.317. The predicted molar refractivity (Wildman–Crippen MR) is 110 cm³/mol. The van der Waals surface area contributed by atoms with Gasteiger partial charge in [-0.3, -0.25) is 19.6 Å². The Morgan fingerprint density at radius 3 is 2.76 bits per heavy atom. The van der Waals surface area contributed by atoms with E-state index in [9.17, 15) is 20.0 Å². The number of nitrogens with zero attached hydrogens (tertiary/aromatic N) is 4. The molecule has 0 spiro atoms. The summed E-state index contributed by atoms with van der Waals surface area (Å²) in [4.78, 5) is 22.9. The van der Waals surface area contributed by atoms with Gasteiger partial charge in [0, 0.05) is 15.1 Å². The summed E-state index contributed by atoms with van der Waals surface area (Å²) in [7, 11) is 0. The van der Waals surface area contributed by atoms with Gasteiger partial charge in [0.05, 0.1) is 17.7 Å². The first-order chi connectivity index (χ1) is 13.8. The normalized spacial score (nSPS) is 11.0. The maximum Gasteiger partial charge on any atom is 0.320 e. The monoisotopic (exact) mass is 477 g/mol. The van der Waals surface area contributed by atoms with Gasteiger partial charge in [0.25, 0.3) is 5.91 Å². The summed E-state index contributed by atoms with van der Waals surface area (Å²) < 4.78 is 2.21. The van der Waals surface area contributed by atoms with Crippen LogP contribution in [0.25, 0.3) is 0 Å². The number of halogens is 2. The molecule has 0 aliphatic carbocycles. The van der Waals surface area contributed by atoms with Crippen molar-refractivity contribution in [2.75, 3.05) is 0 Å². The number of hydrogen-bond donors (Lipinski definition) is 2. The van der Waals surface area contributed by atoms with Gasteiger partial charge >= 0.3 is 5.69 Å². The lowest BCUT2D eigenvalue weighted by Crippen LogP contribution is -2.19. The molecule has 1 aromatic heterocycles. The van der Waals surface area contributed by atoms with Gasteiger partial charge in [-0.15, -0.1) is 0 Å². The zero-order chi connectivity index (χ0) is 21.0. The van der Waals surface area contributed by atoms with Crippen LogP contribution in [0, 0.1) is 10.1 Å². The van der Waals surface area contributed by atoms with E-state index >= 15 is 0 Å². The van der Waals surface area contributed by atoms with E-state index in [0.29, 0.717) is 5.02 Å². The Bertz CT molecular complexity index is 1100. The van der Waals surface area contributed by atoms with Gasteiger partial charge in [-0.05, 0) is 35.9 Å². The van der Waals surface area contributed by atoms with E-state index in [2.05, 4.69) is 31.6 Å². The molecule has 2 aromatic carbocycles. The first-order valence-electron chi connectivity index (χ1n) is 8.11. The van der Waals surface area contributed by atoms with Gasteiger partial charge in [-0.2, -0.15) is 10.2 Å². The largest absolute Gasteiger partial charge is 0.507 e. The number of hydrazone groups is 1. The Labute approximate surface area is 177 Å². The van der Waals surface area contributed by atoms with Crippen LogP contribution in [0.5, 0.6) is 5.75 Å². The summed E-state index contributed by atoms with van der Waals surface area (Å²) in [5.41, 5.74) is 2.47. The molecule has 0 saturated carbocycles. The molecule has 3 aromatic rings. The number of phenolic OH excluding ortho intramolecular Hbond substituents is 1. The molecule has 9 nitrogen and oxygen atoms in total. The van der Waals surface area contributed by atoms with Crippen LogP contribution < -0.4 is 5.43 Å².